The van der Waals surface area contributed by atoms with Gasteiger partial charge in [0.1, 0.15) is 5.75 Å². The molecule has 0 aliphatic rings. The molecule has 0 atom stereocenters. The van der Waals surface area contributed by atoms with Crippen molar-refractivity contribution in [1.29, 1.82) is 0 Å². The molecule has 0 saturated carbocycles. The topological polar surface area (TPSA) is 26.3 Å². The van der Waals surface area contributed by atoms with E-state index in [9.17, 15) is 4.79 Å². The van der Waals surface area contributed by atoms with Crippen molar-refractivity contribution in [2.24, 2.45) is 0 Å². The Kier molecular flexibility index (Phi) is 4.37. The maximum absolute atomic E-state index is 11.2. The third-order valence-corrected chi connectivity index (χ3v) is 2.99. The van der Waals surface area contributed by atoms with Gasteiger partial charge in [-0.2, -0.15) is 0 Å². The number of benzene rings is 2. The summed E-state index contributed by atoms with van der Waals surface area (Å²) in [6, 6.07) is 14.7. The molecule has 96 valence electrons. The van der Waals surface area contributed by atoms with Crippen LogP contribution in [0.5, 0.6) is 5.75 Å². The van der Waals surface area contributed by atoms with Gasteiger partial charge in [0.2, 0.25) is 0 Å². The average Bonchev–Trinajstić information content (AvgIpc) is 2.47. The van der Waals surface area contributed by atoms with Crippen molar-refractivity contribution in [2.45, 2.75) is 0 Å². The van der Waals surface area contributed by atoms with Crippen LogP contribution in [0.2, 0.25) is 5.02 Å². The Labute approximate surface area is 117 Å². The lowest BCUT2D eigenvalue weighted by molar-refractivity contribution is -0.103. The highest BCUT2D eigenvalue weighted by Crippen LogP contribution is 2.20. The van der Waals surface area contributed by atoms with Crippen LogP contribution < -0.4 is 4.74 Å². The van der Waals surface area contributed by atoms with E-state index in [1.807, 2.05) is 42.5 Å². The number of hydrogen-bond acceptors (Lipinski definition) is 2. The molecule has 0 bridgehead atoms. The van der Waals surface area contributed by atoms with Gasteiger partial charge in [-0.25, -0.2) is 0 Å². The number of rotatable bonds is 4. The predicted molar refractivity (Wildman–Crippen MR) is 78.4 cm³/mol. The molecule has 2 aromatic rings. The summed E-state index contributed by atoms with van der Waals surface area (Å²) in [5.74, 6) is 0.764. The number of carbonyl (C=O) groups excluding carboxylic acids is 1. The van der Waals surface area contributed by atoms with Gasteiger partial charge in [0.15, 0.2) is 6.29 Å². The number of allylic oxidation sites excluding steroid dienone is 1. The fourth-order valence-corrected chi connectivity index (χ4v) is 1.83. The van der Waals surface area contributed by atoms with E-state index in [4.69, 9.17) is 16.3 Å². The highest BCUT2D eigenvalue weighted by Gasteiger charge is 2.01. The van der Waals surface area contributed by atoms with E-state index in [1.165, 1.54) is 0 Å². The van der Waals surface area contributed by atoms with Crippen molar-refractivity contribution in [3.05, 3.63) is 64.7 Å². The Hall–Kier alpha value is -2.06. The highest BCUT2D eigenvalue weighted by molar-refractivity contribution is 6.30. The van der Waals surface area contributed by atoms with Crippen molar-refractivity contribution in [1.82, 2.24) is 0 Å². The molecule has 0 fully saturated rings. The Morgan fingerprint density at radius 2 is 1.68 bits per heavy atom. The monoisotopic (exact) mass is 272 g/mol. The summed E-state index contributed by atoms with van der Waals surface area (Å²) in [5.41, 5.74) is 2.40. The summed E-state index contributed by atoms with van der Waals surface area (Å²) in [6.45, 7) is 0. The number of aldehydes is 1. The molecule has 0 spiro atoms. The molecular formula is C16H13ClO2. The van der Waals surface area contributed by atoms with Crippen molar-refractivity contribution in [3.8, 4) is 5.75 Å². The first kappa shape index (κ1) is 13.4. The van der Waals surface area contributed by atoms with Gasteiger partial charge in [0, 0.05) is 10.6 Å². The lowest BCUT2D eigenvalue weighted by Crippen LogP contribution is -1.88. The predicted octanol–water partition coefficient (Wildman–Crippen LogP) is 4.09. The largest absolute Gasteiger partial charge is 0.497 e. The van der Waals surface area contributed by atoms with Crippen LogP contribution in [0.4, 0.5) is 0 Å². The van der Waals surface area contributed by atoms with Crippen molar-refractivity contribution in [3.63, 3.8) is 0 Å². The summed E-state index contributed by atoms with van der Waals surface area (Å²) in [5, 5.41) is 0.675. The molecule has 0 saturated heterocycles. The van der Waals surface area contributed by atoms with E-state index in [-0.39, 0.29) is 0 Å². The summed E-state index contributed by atoms with van der Waals surface area (Å²) in [6.07, 6.45) is 2.67. The number of carbonyl (C=O) groups is 1. The number of methoxy groups -OCH3 is 1. The Balaban J connectivity index is 2.32. The zero-order valence-corrected chi connectivity index (χ0v) is 11.2. The van der Waals surface area contributed by atoms with Gasteiger partial charge in [0.05, 0.1) is 7.11 Å². The first-order chi connectivity index (χ1) is 9.22. The number of hydrogen-bond donors (Lipinski definition) is 0. The van der Waals surface area contributed by atoms with Crippen LogP contribution in [0.1, 0.15) is 11.1 Å². The second kappa shape index (κ2) is 6.21. The van der Waals surface area contributed by atoms with Crippen molar-refractivity contribution < 1.29 is 9.53 Å². The smallest absolute Gasteiger partial charge is 0.150 e. The first-order valence-electron chi connectivity index (χ1n) is 5.80. The SMILES string of the molecule is COc1ccc(/C(C=O)=C\c2ccc(Cl)cc2)cc1. The van der Waals surface area contributed by atoms with Gasteiger partial charge >= 0.3 is 0 Å². The molecule has 3 heteroatoms. The van der Waals surface area contributed by atoms with Gasteiger partial charge < -0.3 is 4.74 Å². The van der Waals surface area contributed by atoms with E-state index in [1.54, 1.807) is 19.2 Å². The zero-order valence-electron chi connectivity index (χ0n) is 10.5. The van der Waals surface area contributed by atoms with E-state index >= 15 is 0 Å². The second-order valence-corrected chi connectivity index (χ2v) is 4.43. The third kappa shape index (κ3) is 3.46. The van der Waals surface area contributed by atoms with Crippen LogP contribution in [-0.4, -0.2) is 13.4 Å². The van der Waals surface area contributed by atoms with Crippen molar-refractivity contribution >= 4 is 29.5 Å². The van der Waals surface area contributed by atoms with Crippen LogP contribution in [-0.2, 0) is 4.79 Å². The normalized spacial score (nSPS) is 11.2. The second-order valence-electron chi connectivity index (χ2n) is 4.00. The minimum Gasteiger partial charge on any atom is -0.497 e. The summed E-state index contributed by atoms with van der Waals surface area (Å²) in [7, 11) is 1.61. The Morgan fingerprint density at radius 3 is 2.21 bits per heavy atom. The molecule has 0 radical (unpaired) electrons. The van der Waals surface area contributed by atoms with E-state index in [0.717, 1.165) is 23.2 Å². The van der Waals surface area contributed by atoms with Crippen LogP contribution in [0.25, 0.3) is 11.6 Å². The van der Waals surface area contributed by atoms with Gasteiger partial charge in [-0.3, -0.25) is 4.79 Å². The summed E-state index contributed by atoms with van der Waals surface area (Å²) < 4.78 is 5.09. The average molecular weight is 273 g/mol. The van der Waals surface area contributed by atoms with Crippen LogP contribution in [0.3, 0.4) is 0 Å². The van der Waals surface area contributed by atoms with Crippen molar-refractivity contribution in [2.75, 3.05) is 7.11 Å². The molecule has 0 aromatic heterocycles. The highest BCUT2D eigenvalue weighted by atomic mass is 35.5. The fraction of sp³-hybridized carbons (Fsp3) is 0.0625. The summed E-state index contributed by atoms with van der Waals surface area (Å²) in [4.78, 5) is 11.2. The van der Waals surface area contributed by atoms with E-state index in [2.05, 4.69) is 0 Å². The Bertz CT molecular complexity index is 583. The number of halogens is 1. The van der Waals surface area contributed by atoms with Gasteiger partial charge in [-0.05, 0) is 41.5 Å². The molecule has 0 unspecified atom stereocenters. The standard InChI is InChI=1S/C16H13ClO2/c1-19-16-8-4-13(5-9-16)14(11-18)10-12-2-6-15(17)7-3-12/h2-11H,1H3/b14-10-. The molecule has 0 heterocycles. The molecule has 0 aliphatic heterocycles. The van der Waals surface area contributed by atoms with Gasteiger partial charge in [-0.15, -0.1) is 0 Å². The lowest BCUT2D eigenvalue weighted by atomic mass is 10.0. The summed E-state index contributed by atoms with van der Waals surface area (Å²) >= 11 is 5.83. The van der Waals surface area contributed by atoms with Crippen LogP contribution in [0, 0.1) is 0 Å². The van der Waals surface area contributed by atoms with E-state index in [0.29, 0.717) is 10.6 Å². The lowest BCUT2D eigenvalue weighted by Gasteiger charge is -2.03. The van der Waals surface area contributed by atoms with Crippen LogP contribution in [0.15, 0.2) is 48.5 Å². The molecule has 19 heavy (non-hydrogen) atoms. The molecule has 2 nitrogen and oxygen atoms in total. The third-order valence-electron chi connectivity index (χ3n) is 2.74. The molecule has 2 rings (SSSR count). The molecule has 0 aliphatic carbocycles. The quantitative estimate of drug-likeness (QED) is 0.476. The minimum absolute atomic E-state index is 0.616. The maximum Gasteiger partial charge on any atom is 0.150 e. The first-order valence-corrected chi connectivity index (χ1v) is 6.17. The maximum atomic E-state index is 11.2. The molecule has 0 N–H and O–H groups in total. The molecule has 0 amide bonds. The van der Waals surface area contributed by atoms with Crippen LogP contribution >= 0.6 is 11.6 Å². The fourth-order valence-electron chi connectivity index (χ4n) is 1.71. The zero-order chi connectivity index (χ0) is 13.7. The number of ether oxygens (including phenoxy) is 1. The molecule has 2 aromatic carbocycles. The Morgan fingerprint density at radius 1 is 1.05 bits per heavy atom. The molecular weight excluding hydrogens is 260 g/mol. The minimum atomic E-state index is 0.616. The van der Waals surface area contributed by atoms with Gasteiger partial charge in [-0.1, -0.05) is 35.9 Å². The van der Waals surface area contributed by atoms with Gasteiger partial charge in [0.25, 0.3) is 0 Å². The van der Waals surface area contributed by atoms with E-state index < -0.39 is 0 Å².